The van der Waals surface area contributed by atoms with Gasteiger partial charge >= 0.3 is 0 Å². The van der Waals surface area contributed by atoms with Gasteiger partial charge in [-0.15, -0.1) is 0 Å². The summed E-state index contributed by atoms with van der Waals surface area (Å²) < 4.78 is 5.94. The van der Waals surface area contributed by atoms with E-state index in [9.17, 15) is 4.79 Å². The average molecular weight is 275 g/mol. The normalized spacial score (nSPS) is 22.1. The molecule has 1 aliphatic heterocycles. The number of nitrogens with zero attached hydrogens (tertiary/aromatic N) is 1. The number of piperidine rings is 1. The molecule has 1 aromatic rings. The van der Waals surface area contributed by atoms with Crippen molar-refractivity contribution in [1.82, 2.24) is 10.3 Å². The zero-order valence-electron chi connectivity index (χ0n) is 11.7. The second-order valence-electron chi connectivity index (χ2n) is 5.60. The van der Waals surface area contributed by atoms with Gasteiger partial charge in [-0.25, -0.2) is 4.98 Å². The molecule has 1 atom stereocenters. The van der Waals surface area contributed by atoms with Crippen molar-refractivity contribution in [3.05, 3.63) is 22.9 Å². The number of hydrogen-bond donors (Lipinski definition) is 2. The number of rotatable bonds is 3. The first-order chi connectivity index (χ1) is 9.74. The number of nitrogens with two attached hydrogens (primary N) is 1. The molecule has 20 heavy (non-hydrogen) atoms. The highest BCUT2D eigenvalue weighted by atomic mass is 16.5. The first kappa shape index (κ1) is 13.4. The van der Waals surface area contributed by atoms with Crippen molar-refractivity contribution in [2.75, 3.05) is 13.1 Å². The molecule has 0 aromatic carbocycles. The standard InChI is InChI=1S/C15H21N3O2/c16-14(19)12-8-10-4-1-2-6-13(10)18-15(12)20-11-5-3-7-17-9-11/h8,11,17H,1-7,9H2,(H2,16,19). The van der Waals surface area contributed by atoms with Crippen molar-refractivity contribution in [3.8, 4) is 5.88 Å². The third-order valence-corrected chi connectivity index (χ3v) is 4.06. The Hall–Kier alpha value is -1.62. The molecule has 1 unspecified atom stereocenters. The van der Waals surface area contributed by atoms with Gasteiger partial charge in [0.2, 0.25) is 5.88 Å². The second kappa shape index (κ2) is 5.79. The highest BCUT2D eigenvalue weighted by molar-refractivity contribution is 5.95. The molecule has 2 heterocycles. The number of carbonyl (C=O) groups is 1. The van der Waals surface area contributed by atoms with Crippen LogP contribution in [0.25, 0.3) is 0 Å². The van der Waals surface area contributed by atoms with Crippen molar-refractivity contribution >= 4 is 5.91 Å². The monoisotopic (exact) mass is 275 g/mol. The molecule has 2 aliphatic rings. The van der Waals surface area contributed by atoms with Crippen molar-refractivity contribution in [1.29, 1.82) is 0 Å². The van der Waals surface area contributed by atoms with Crippen LogP contribution in [0.5, 0.6) is 5.88 Å². The smallest absolute Gasteiger partial charge is 0.254 e. The van der Waals surface area contributed by atoms with Crippen molar-refractivity contribution in [2.45, 2.75) is 44.6 Å². The highest BCUT2D eigenvalue weighted by Gasteiger charge is 2.22. The van der Waals surface area contributed by atoms with E-state index in [0.717, 1.165) is 62.9 Å². The van der Waals surface area contributed by atoms with Crippen LogP contribution in [0.3, 0.4) is 0 Å². The molecule has 108 valence electrons. The lowest BCUT2D eigenvalue weighted by Gasteiger charge is -2.25. The summed E-state index contributed by atoms with van der Waals surface area (Å²) in [6, 6.07) is 1.88. The minimum atomic E-state index is -0.454. The zero-order valence-corrected chi connectivity index (χ0v) is 11.7. The number of hydrogen-bond acceptors (Lipinski definition) is 4. The van der Waals surface area contributed by atoms with Crippen LogP contribution in [-0.4, -0.2) is 30.1 Å². The summed E-state index contributed by atoms with van der Waals surface area (Å²) >= 11 is 0. The van der Waals surface area contributed by atoms with Crippen LogP contribution in [-0.2, 0) is 12.8 Å². The van der Waals surface area contributed by atoms with E-state index >= 15 is 0 Å². The molecule has 1 aromatic heterocycles. The van der Waals surface area contributed by atoms with Gasteiger partial charge in [0.15, 0.2) is 0 Å². The van der Waals surface area contributed by atoms with E-state index in [4.69, 9.17) is 10.5 Å². The summed E-state index contributed by atoms with van der Waals surface area (Å²) in [5.74, 6) is -0.0310. The zero-order chi connectivity index (χ0) is 13.9. The van der Waals surface area contributed by atoms with Crippen LogP contribution < -0.4 is 15.8 Å². The van der Waals surface area contributed by atoms with Crippen molar-refractivity contribution in [2.24, 2.45) is 5.73 Å². The molecule has 1 amide bonds. The lowest BCUT2D eigenvalue weighted by Crippen LogP contribution is -2.37. The molecule has 3 N–H and O–H groups in total. The van der Waals surface area contributed by atoms with Gasteiger partial charge in [-0.3, -0.25) is 4.79 Å². The van der Waals surface area contributed by atoms with Gasteiger partial charge in [0.25, 0.3) is 5.91 Å². The van der Waals surface area contributed by atoms with Gasteiger partial charge in [-0.2, -0.15) is 0 Å². The van der Waals surface area contributed by atoms with E-state index in [1.54, 1.807) is 0 Å². The molecule has 3 rings (SSSR count). The Labute approximate surface area is 118 Å². The van der Waals surface area contributed by atoms with Crippen LogP contribution in [0, 0.1) is 0 Å². The number of amides is 1. The number of carbonyl (C=O) groups excluding carboxylic acids is 1. The molecule has 1 saturated heterocycles. The third-order valence-electron chi connectivity index (χ3n) is 4.06. The molecular weight excluding hydrogens is 254 g/mol. The molecule has 0 spiro atoms. The lowest BCUT2D eigenvalue weighted by atomic mass is 9.95. The molecule has 0 bridgehead atoms. The minimum Gasteiger partial charge on any atom is -0.472 e. The average Bonchev–Trinajstić information content (AvgIpc) is 2.47. The Kier molecular flexibility index (Phi) is 3.87. The summed E-state index contributed by atoms with van der Waals surface area (Å²) in [4.78, 5) is 16.2. The Morgan fingerprint density at radius 1 is 1.35 bits per heavy atom. The lowest BCUT2D eigenvalue weighted by molar-refractivity contribution is 0.0987. The first-order valence-corrected chi connectivity index (χ1v) is 7.44. The van der Waals surface area contributed by atoms with E-state index < -0.39 is 5.91 Å². The molecule has 1 fully saturated rings. The quantitative estimate of drug-likeness (QED) is 0.868. The Morgan fingerprint density at radius 2 is 2.20 bits per heavy atom. The van der Waals surface area contributed by atoms with Crippen LogP contribution in [0.4, 0.5) is 0 Å². The van der Waals surface area contributed by atoms with Gasteiger partial charge in [-0.1, -0.05) is 0 Å². The number of fused-ring (bicyclic) bond motifs is 1. The molecule has 5 nitrogen and oxygen atoms in total. The number of primary amides is 1. The summed E-state index contributed by atoms with van der Waals surface area (Å²) in [5, 5.41) is 3.30. The SMILES string of the molecule is NC(=O)c1cc2c(nc1OC1CCCNC1)CCCC2. The summed E-state index contributed by atoms with van der Waals surface area (Å²) in [7, 11) is 0. The topological polar surface area (TPSA) is 77.2 Å². The van der Waals surface area contributed by atoms with E-state index in [1.165, 1.54) is 0 Å². The fraction of sp³-hybridized carbons (Fsp3) is 0.600. The number of ether oxygens (including phenoxy) is 1. The second-order valence-corrected chi connectivity index (χ2v) is 5.60. The van der Waals surface area contributed by atoms with E-state index in [0.29, 0.717) is 11.4 Å². The largest absolute Gasteiger partial charge is 0.472 e. The summed E-state index contributed by atoms with van der Waals surface area (Å²) in [6.45, 7) is 1.83. The van der Waals surface area contributed by atoms with Gasteiger partial charge in [-0.05, 0) is 56.7 Å². The highest BCUT2D eigenvalue weighted by Crippen LogP contribution is 2.27. The van der Waals surface area contributed by atoms with Crippen LogP contribution in [0.15, 0.2) is 6.07 Å². The Morgan fingerprint density at radius 3 is 2.95 bits per heavy atom. The fourth-order valence-electron chi connectivity index (χ4n) is 2.96. The van der Waals surface area contributed by atoms with Crippen molar-refractivity contribution in [3.63, 3.8) is 0 Å². The Balaban J connectivity index is 1.88. The predicted octanol–water partition coefficient (Wildman–Crippen LogP) is 1.19. The maximum atomic E-state index is 11.6. The molecule has 1 aliphatic carbocycles. The summed E-state index contributed by atoms with van der Waals surface area (Å²) in [6.07, 6.45) is 6.41. The maximum absolute atomic E-state index is 11.6. The van der Waals surface area contributed by atoms with Crippen LogP contribution in [0.2, 0.25) is 0 Å². The van der Waals surface area contributed by atoms with Crippen LogP contribution >= 0.6 is 0 Å². The molecular formula is C15H21N3O2. The third kappa shape index (κ3) is 2.77. The predicted molar refractivity (Wildman–Crippen MR) is 75.9 cm³/mol. The van der Waals surface area contributed by atoms with Crippen LogP contribution in [0.1, 0.15) is 47.3 Å². The van der Waals surface area contributed by atoms with Gasteiger partial charge < -0.3 is 15.8 Å². The number of aromatic nitrogens is 1. The minimum absolute atomic E-state index is 0.0796. The number of nitrogens with one attached hydrogen (secondary N) is 1. The first-order valence-electron chi connectivity index (χ1n) is 7.44. The van der Waals surface area contributed by atoms with E-state index in [-0.39, 0.29) is 6.10 Å². The number of pyridine rings is 1. The molecule has 0 saturated carbocycles. The molecule has 5 heteroatoms. The van der Waals surface area contributed by atoms with Gasteiger partial charge in [0.1, 0.15) is 11.7 Å². The van der Waals surface area contributed by atoms with Crippen molar-refractivity contribution < 1.29 is 9.53 Å². The van der Waals surface area contributed by atoms with E-state index in [2.05, 4.69) is 10.3 Å². The molecule has 0 radical (unpaired) electrons. The number of aryl methyl sites for hydroxylation is 2. The Bertz CT molecular complexity index is 510. The summed E-state index contributed by atoms with van der Waals surface area (Å²) in [5.41, 5.74) is 8.13. The maximum Gasteiger partial charge on any atom is 0.254 e. The van der Waals surface area contributed by atoms with Gasteiger partial charge in [0.05, 0.1) is 0 Å². The van der Waals surface area contributed by atoms with E-state index in [1.807, 2.05) is 6.07 Å². The fourth-order valence-corrected chi connectivity index (χ4v) is 2.96. The van der Waals surface area contributed by atoms with Gasteiger partial charge in [0, 0.05) is 12.2 Å².